The summed E-state index contributed by atoms with van der Waals surface area (Å²) in [6.45, 7) is 15.4. The average Bonchev–Trinajstić information content (AvgIpc) is 3.34. The standard InChI is InChI=1S/C67H129N/c1-8-14-20-26-32-38-44-50-56-62-63(57-51-45-39-33-27-21-15-9-2)65(59-53-47-41-35-29-23-17-11-4)67(68(7)61-55-49-43-37-31-25-19-13-6)66(60-54-48-42-36-30-24-18-12-5)64(62)58-52-46-40-34-28-22-16-10-3/h8-61H2,1-7H3. The number of unbranched alkanes of at least 4 members (excludes halogenated alkanes) is 42. The van der Waals surface area contributed by atoms with Gasteiger partial charge in [0.15, 0.2) is 0 Å². The van der Waals surface area contributed by atoms with Crippen LogP contribution in [0.15, 0.2) is 0 Å². The molecule has 1 nitrogen and oxygen atoms in total. The van der Waals surface area contributed by atoms with Crippen molar-refractivity contribution in [3.63, 3.8) is 0 Å². The van der Waals surface area contributed by atoms with E-state index < -0.39 is 0 Å². The fraction of sp³-hybridized carbons (Fsp3) is 0.910. The summed E-state index contributed by atoms with van der Waals surface area (Å²) in [6.07, 6.45) is 74.9. The van der Waals surface area contributed by atoms with Crippen LogP contribution in [-0.4, -0.2) is 13.6 Å². The lowest BCUT2D eigenvalue weighted by Gasteiger charge is -2.33. The number of rotatable bonds is 55. The minimum Gasteiger partial charge on any atom is -0.374 e. The Labute approximate surface area is 431 Å². The fourth-order valence-electron chi connectivity index (χ4n) is 11.7. The van der Waals surface area contributed by atoms with Gasteiger partial charge >= 0.3 is 0 Å². The van der Waals surface area contributed by atoms with Gasteiger partial charge < -0.3 is 4.90 Å². The van der Waals surface area contributed by atoms with Gasteiger partial charge in [0.1, 0.15) is 0 Å². The molecule has 0 aliphatic rings. The second kappa shape index (κ2) is 50.9. The zero-order valence-electron chi connectivity index (χ0n) is 48.6. The molecule has 0 unspecified atom stereocenters. The number of hydrogen-bond acceptors (Lipinski definition) is 1. The molecule has 1 rings (SSSR count). The lowest BCUT2D eigenvalue weighted by molar-refractivity contribution is 0.560. The molecule has 402 valence electrons. The van der Waals surface area contributed by atoms with Crippen molar-refractivity contribution in [3.8, 4) is 0 Å². The van der Waals surface area contributed by atoms with Crippen LogP contribution in [0.25, 0.3) is 0 Å². The Balaban J connectivity index is 3.80. The monoisotopic (exact) mass is 948 g/mol. The van der Waals surface area contributed by atoms with Crippen LogP contribution in [-0.2, 0) is 32.1 Å². The molecule has 1 aromatic rings. The molecule has 0 saturated heterocycles. The van der Waals surface area contributed by atoms with E-state index in [0.29, 0.717) is 0 Å². The highest BCUT2D eigenvalue weighted by Crippen LogP contribution is 2.40. The third-order valence-corrected chi connectivity index (χ3v) is 16.2. The number of hydrogen-bond donors (Lipinski definition) is 0. The Morgan fingerprint density at radius 2 is 0.353 bits per heavy atom. The van der Waals surface area contributed by atoms with E-state index in [-0.39, 0.29) is 0 Å². The molecule has 68 heavy (non-hydrogen) atoms. The molecule has 0 spiro atoms. The predicted molar refractivity (Wildman–Crippen MR) is 314 cm³/mol. The van der Waals surface area contributed by atoms with Crippen LogP contribution in [0.4, 0.5) is 5.69 Å². The van der Waals surface area contributed by atoms with Crippen LogP contribution in [0, 0.1) is 0 Å². The molecular formula is C67H129N. The lowest BCUT2D eigenvalue weighted by Crippen LogP contribution is -2.25. The second-order valence-electron chi connectivity index (χ2n) is 22.8. The summed E-state index contributed by atoms with van der Waals surface area (Å²) >= 11 is 0. The highest BCUT2D eigenvalue weighted by atomic mass is 15.1. The topological polar surface area (TPSA) is 3.24 Å². The van der Waals surface area contributed by atoms with Crippen molar-refractivity contribution in [1.82, 2.24) is 0 Å². The molecule has 0 N–H and O–H groups in total. The first-order valence-corrected chi connectivity index (χ1v) is 32.5. The summed E-state index contributed by atoms with van der Waals surface area (Å²) < 4.78 is 0. The Kier molecular flexibility index (Phi) is 48.7. The van der Waals surface area contributed by atoms with Gasteiger partial charge in [-0.05, 0) is 98.4 Å². The van der Waals surface area contributed by atoms with Crippen molar-refractivity contribution >= 4 is 5.69 Å². The zero-order valence-corrected chi connectivity index (χ0v) is 48.6. The first-order valence-electron chi connectivity index (χ1n) is 32.5. The Morgan fingerprint density at radius 3 is 0.574 bits per heavy atom. The summed E-state index contributed by atoms with van der Waals surface area (Å²) in [5, 5.41) is 0. The van der Waals surface area contributed by atoms with Crippen LogP contribution in [0.5, 0.6) is 0 Å². The maximum absolute atomic E-state index is 2.89. The normalized spacial score (nSPS) is 11.7. The van der Waals surface area contributed by atoms with E-state index >= 15 is 0 Å². The number of nitrogens with zero attached hydrogens (tertiary/aromatic N) is 1. The molecular weight excluding hydrogens is 819 g/mol. The largest absolute Gasteiger partial charge is 0.374 e. The molecule has 0 heterocycles. The number of anilines is 1. The van der Waals surface area contributed by atoms with E-state index in [2.05, 4.69) is 53.5 Å². The summed E-state index contributed by atoms with van der Waals surface area (Å²) in [6, 6.07) is 0. The first kappa shape index (κ1) is 65.0. The van der Waals surface area contributed by atoms with Gasteiger partial charge in [-0.3, -0.25) is 0 Å². The Morgan fingerprint density at radius 1 is 0.191 bits per heavy atom. The van der Waals surface area contributed by atoms with Crippen molar-refractivity contribution in [2.75, 3.05) is 18.5 Å². The molecule has 0 amide bonds. The van der Waals surface area contributed by atoms with Crippen molar-refractivity contribution in [1.29, 1.82) is 0 Å². The second-order valence-corrected chi connectivity index (χ2v) is 22.8. The van der Waals surface area contributed by atoms with E-state index in [4.69, 9.17) is 0 Å². The summed E-state index contributed by atoms with van der Waals surface area (Å²) in [5.41, 5.74) is 11.2. The lowest BCUT2D eigenvalue weighted by atomic mass is 9.79. The molecule has 1 aromatic carbocycles. The van der Waals surface area contributed by atoms with Crippen LogP contribution in [0.1, 0.15) is 378 Å². The van der Waals surface area contributed by atoms with Gasteiger partial charge in [0.25, 0.3) is 0 Å². The van der Waals surface area contributed by atoms with E-state index in [1.807, 2.05) is 27.8 Å². The highest BCUT2D eigenvalue weighted by molar-refractivity contribution is 5.68. The zero-order chi connectivity index (χ0) is 49.2. The minimum atomic E-state index is 1.25. The average molecular weight is 949 g/mol. The summed E-state index contributed by atoms with van der Waals surface area (Å²) in [7, 11) is 2.57. The minimum absolute atomic E-state index is 1.25. The smallest absolute Gasteiger partial charge is 0.0434 e. The quantitative estimate of drug-likeness (QED) is 0.0588. The first-order chi connectivity index (χ1) is 33.6. The van der Waals surface area contributed by atoms with Gasteiger partial charge in [-0.1, -0.05) is 311 Å². The van der Waals surface area contributed by atoms with Gasteiger partial charge in [0, 0.05) is 19.3 Å². The van der Waals surface area contributed by atoms with E-state index in [0.717, 1.165) is 0 Å². The summed E-state index contributed by atoms with van der Waals surface area (Å²) in [5.74, 6) is 0. The van der Waals surface area contributed by atoms with Crippen molar-refractivity contribution < 1.29 is 0 Å². The third kappa shape index (κ3) is 35.2. The van der Waals surface area contributed by atoms with Crippen LogP contribution in [0.3, 0.4) is 0 Å². The van der Waals surface area contributed by atoms with Crippen LogP contribution >= 0.6 is 0 Å². The van der Waals surface area contributed by atoms with Gasteiger partial charge in [0.2, 0.25) is 0 Å². The van der Waals surface area contributed by atoms with Gasteiger partial charge in [0.05, 0.1) is 0 Å². The molecule has 0 aromatic heterocycles. The van der Waals surface area contributed by atoms with Gasteiger partial charge in [-0.15, -0.1) is 0 Å². The molecule has 0 atom stereocenters. The van der Waals surface area contributed by atoms with Crippen molar-refractivity contribution in [2.24, 2.45) is 0 Å². The number of benzene rings is 1. The van der Waals surface area contributed by atoms with Crippen LogP contribution < -0.4 is 4.90 Å². The van der Waals surface area contributed by atoms with E-state index in [1.165, 1.54) is 347 Å². The van der Waals surface area contributed by atoms with Crippen molar-refractivity contribution in [2.45, 2.75) is 382 Å². The SMILES string of the molecule is CCCCCCCCCCc1c(CCCCCCCCCC)c(CCCCCCCCCC)c(N(C)CCCCCCCCCC)c(CCCCCCCCCC)c1CCCCCCCCCC. The predicted octanol–water partition coefficient (Wildman–Crippen LogP) is 23.7. The Hall–Kier alpha value is -0.980. The van der Waals surface area contributed by atoms with Gasteiger partial charge in [-0.25, -0.2) is 0 Å². The molecule has 0 aliphatic heterocycles. The van der Waals surface area contributed by atoms with Gasteiger partial charge in [-0.2, -0.15) is 0 Å². The molecule has 0 saturated carbocycles. The van der Waals surface area contributed by atoms with E-state index in [1.54, 1.807) is 5.69 Å². The summed E-state index contributed by atoms with van der Waals surface area (Å²) in [4.78, 5) is 2.89. The third-order valence-electron chi connectivity index (χ3n) is 16.2. The molecule has 0 radical (unpaired) electrons. The molecule has 0 fully saturated rings. The maximum atomic E-state index is 2.89. The van der Waals surface area contributed by atoms with Crippen molar-refractivity contribution in [3.05, 3.63) is 27.8 Å². The van der Waals surface area contributed by atoms with E-state index in [9.17, 15) is 0 Å². The molecule has 0 aliphatic carbocycles. The van der Waals surface area contributed by atoms with Crippen LogP contribution in [0.2, 0.25) is 0 Å². The molecule has 0 bridgehead atoms. The molecule has 1 heteroatoms. The fourth-order valence-corrected chi connectivity index (χ4v) is 11.7. The maximum Gasteiger partial charge on any atom is 0.0434 e. The highest BCUT2D eigenvalue weighted by Gasteiger charge is 2.25. The Bertz CT molecular complexity index is 1100.